The van der Waals surface area contributed by atoms with Gasteiger partial charge >= 0.3 is 6.09 Å². The summed E-state index contributed by atoms with van der Waals surface area (Å²) in [5.74, 6) is -0.336. The summed E-state index contributed by atoms with van der Waals surface area (Å²) < 4.78 is 4.81. The third-order valence-electron chi connectivity index (χ3n) is 2.07. The van der Waals surface area contributed by atoms with Crippen molar-refractivity contribution in [2.75, 3.05) is 13.7 Å². The zero-order valence-electron chi connectivity index (χ0n) is 8.73. The first-order chi connectivity index (χ1) is 7.56. The van der Waals surface area contributed by atoms with E-state index in [0.29, 0.717) is 12.0 Å². The molecule has 4 N–H and O–H groups in total. The molecular formula is C10H13NO5. The molecule has 88 valence electrons. The Morgan fingerprint density at radius 1 is 1.44 bits per heavy atom. The van der Waals surface area contributed by atoms with E-state index in [4.69, 9.17) is 9.84 Å². The number of amides is 1. The van der Waals surface area contributed by atoms with Crippen LogP contribution < -0.4 is 10.1 Å². The predicted molar refractivity (Wildman–Crippen MR) is 56.1 cm³/mol. The third-order valence-corrected chi connectivity index (χ3v) is 2.07. The number of aromatic hydroxyl groups is 2. The van der Waals surface area contributed by atoms with Gasteiger partial charge in [0.25, 0.3) is 0 Å². The largest absolute Gasteiger partial charge is 0.504 e. The molecule has 1 amide bonds. The van der Waals surface area contributed by atoms with Crippen molar-refractivity contribution in [3.63, 3.8) is 0 Å². The number of benzene rings is 1. The van der Waals surface area contributed by atoms with Gasteiger partial charge in [0.05, 0.1) is 7.11 Å². The van der Waals surface area contributed by atoms with Gasteiger partial charge in [-0.3, -0.25) is 0 Å². The van der Waals surface area contributed by atoms with Crippen molar-refractivity contribution in [2.45, 2.75) is 6.42 Å². The molecular weight excluding hydrogens is 214 g/mol. The number of ether oxygens (including phenoxy) is 1. The Labute approximate surface area is 92.1 Å². The molecule has 0 spiro atoms. The zero-order chi connectivity index (χ0) is 12.1. The van der Waals surface area contributed by atoms with Gasteiger partial charge in [-0.1, -0.05) is 6.07 Å². The minimum absolute atomic E-state index is 0.00664. The van der Waals surface area contributed by atoms with E-state index in [9.17, 15) is 15.0 Å². The van der Waals surface area contributed by atoms with Crippen LogP contribution in [0.5, 0.6) is 17.2 Å². The summed E-state index contributed by atoms with van der Waals surface area (Å²) >= 11 is 0. The number of rotatable bonds is 4. The van der Waals surface area contributed by atoms with Crippen LogP contribution in [0.3, 0.4) is 0 Å². The molecule has 1 rings (SSSR count). The number of methoxy groups -OCH3 is 1. The lowest BCUT2D eigenvalue weighted by Crippen LogP contribution is -2.23. The molecule has 0 bridgehead atoms. The normalized spacial score (nSPS) is 9.81. The van der Waals surface area contributed by atoms with Gasteiger partial charge in [0.1, 0.15) is 0 Å². The Morgan fingerprint density at radius 2 is 2.12 bits per heavy atom. The standard InChI is InChI=1S/C10H13NO5/c1-16-9-7(12)3-2-6(8(9)13)4-5-11-10(14)15/h2-3,11-13H,4-5H2,1H3,(H,14,15). The molecule has 0 aliphatic heterocycles. The van der Waals surface area contributed by atoms with Gasteiger partial charge in [-0.15, -0.1) is 0 Å². The van der Waals surface area contributed by atoms with Crippen molar-refractivity contribution in [2.24, 2.45) is 0 Å². The molecule has 6 heteroatoms. The SMILES string of the molecule is COc1c(O)ccc(CCNC(=O)O)c1O. The summed E-state index contributed by atoms with van der Waals surface area (Å²) in [6.07, 6.45) is -0.806. The molecule has 1 aromatic carbocycles. The summed E-state index contributed by atoms with van der Waals surface area (Å²) in [5, 5.41) is 29.6. The minimum Gasteiger partial charge on any atom is -0.504 e. The summed E-state index contributed by atoms with van der Waals surface area (Å²) in [4.78, 5) is 10.2. The van der Waals surface area contributed by atoms with Crippen LogP contribution in [0.25, 0.3) is 0 Å². The minimum atomic E-state index is -1.12. The number of nitrogens with one attached hydrogen (secondary N) is 1. The maximum absolute atomic E-state index is 10.2. The number of hydrogen-bond donors (Lipinski definition) is 4. The molecule has 0 saturated heterocycles. The molecule has 0 aliphatic rings. The van der Waals surface area contributed by atoms with Gasteiger partial charge in [-0.05, 0) is 18.1 Å². The number of carboxylic acid groups (broad SMARTS) is 1. The lowest BCUT2D eigenvalue weighted by Gasteiger charge is -2.10. The van der Waals surface area contributed by atoms with E-state index >= 15 is 0 Å². The van der Waals surface area contributed by atoms with Crippen molar-refractivity contribution >= 4 is 6.09 Å². The molecule has 0 aliphatic carbocycles. The van der Waals surface area contributed by atoms with Crippen molar-refractivity contribution in [1.82, 2.24) is 5.32 Å². The first-order valence-electron chi connectivity index (χ1n) is 4.61. The van der Waals surface area contributed by atoms with Crippen molar-refractivity contribution in [1.29, 1.82) is 0 Å². The molecule has 0 unspecified atom stereocenters. The average Bonchev–Trinajstić information content (AvgIpc) is 2.22. The second-order valence-electron chi connectivity index (χ2n) is 3.11. The van der Waals surface area contributed by atoms with Crippen LogP contribution in [-0.2, 0) is 6.42 Å². The van der Waals surface area contributed by atoms with Gasteiger partial charge in [0, 0.05) is 6.54 Å². The van der Waals surface area contributed by atoms with Crippen LogP contribution in [0.15, 0.2) is 12.1 Å². The van der Waals surface area contributed by atoms with Crippen molar-refractivity contribution < 1.29 is 24.9 Å². The molecule has 0 saturated carbocycles. The predicted octanol–water partition coefficient (Wildman–Crippen LogP) is 0.916. The van der Waals surface area contributed by atoms with E-state index in [0.717, 1.165) is 0 Å². The van der Waals surface area contributed by atoms with Crippen LogP contribution in [0, 0.1) is 0 Å². The van der Waals surface area contributed by atoms with Crippen LogP contribution in [0.2, 0.25) is 0 Å². The second kappa shape index (κ2) is 5.11. The quantitative estimate of drug-likeness (QED) is 0.613. The fraction of sp³-hybridized carbons (Fsp3) is 0.300. The van der Waals surface area contributed by atoms with Crippen molar-refractivity contribution in [3.05, 3.63) is 17.7 Å². The average molecular weight is 227 g/mol. The second-order valence-corrected chi connectivity index (χ2v) is 3.11. The Balaban J connectivity index is 2.77. The van der Waals surface area contributed by atoms with E-state index in [1.165, 1.54) is 19.2 Å². The zero-order valence-corrected chi connectivity index (χ0v) is 8.73. The Bertz CT molecular complexity index is 391. The Kier molecular flexibility index (Phi) is 3.82. The number of phenols is 2. The van der Waals surface area contributed by atoms with Gasteiger partial charge in [-0.2, -0.15) is 0 Å². The number of phenolic OH excluding ortho intramolecular Hbond substituents is 2. The summed E-state index contributed by atoms with van der Waals surface area (Å²) in [7, 11) is 1.33. The highest BCUT2D eigenvalue weighted by molar-refractivity contribution is 5.64. The fourth-order valence-electron chi connectivity index (χ4n) is 1.31. The van der Waals surface area contributed by atoms with E-state index in [2.05, 4.69) is 5.32 Å². The summed E-state index contributed by atoms with van der Waals surface area (Å²) in [6, 6.07) is 2.89. The lowest BCUT2D eigenvalue weighted by atomic mass is 10.1. The van der Waals surface area contributed by atoms with Gasteiger partial charge in [-0.25, -0.2) is 4.79 Å². The van der Waals surface area contributed by atoms with Crippen LogP contribution in [-0.4, -0.2) is 35.1 Å². The summed E-state index contributed by atoms with van der Waals surface area (Å²) in [6.45, 7) is 0.177. The van der Waals surface area contributed by atoms with Crippen LogP contribution in [0.4, 0.5) is 4.79 Å². The Morgan fingerprint density at radius 3 is 2.69 bits per heavy atom. The lowest BCUT2D eigenvalue weighted by molar-refractivity contribution is 0.194. The first-order valence-corrected chi connectivity index (χ1v) is 4.61. The molecule has 0 atom stereocenters. The third kappa shape index (κ3) is 2.69. The van der Waals surface area contributed by atoms with E-state index in [1.54, 1.807) is 0 Å². The fourth-order valence-corrected chi connectivity index (χ4v) is 1.31. The number of hydrogen-bond acceptors (Lipinski definition) is 4. The van der Waals surface area contributed by atoms with Gasteiger partial charge < -0.3 is 25.4 Å². The maximum Gasteiger partial charge on any atom is 0.404 e. The molecule has 0 heterocycles. The van der Waals surface area contributed by atoms with Crippen LogP contribution >= 0.6 is 0 Å². The highest BCUT2D eigenvalue weighted by Gasteiger charge is 2.12. The first kappa shape index (κ1) is 12.0. The maximum atomic E-state index is 10.2. The summed E-state index contributed by atoms with van der Waals surface area (Å²) in [5.41, 5.74) is 0.503. The smallest absolute Gasteiger partial charge is 0.404 e. The molecule has 16 heavy (non-hydrogen) atoms. The molecule has 1 aromatic rings. The van der Waals surface area contributed by atoms with Gasteiger partial charge in [0.2, 0.25) is 5.75 Å². The van der Waals surface area contributed by atoms with E-state index in [1.807, 2.05) is 0 Å². The van der Waals surface area contributed by atoms with E-state index in [-0.39, 0.29) is 23.8 Å². The topological polar surface area (TPSA) is 99.0 Å². The van der Waals surface area contributed by atoms with Crippen LogP contribution in [0.1, 0.15) is 5.56 Å². The highest BCUT2D eigenvalue weighted by Crippen LogP contribution is 2.38. The molecule has 0 fully saturated rings. The highest BCUT2D eigenvalue weighted by atomic mass is 16.5. The monoisotopic (exact) mass is 227 g/mol. The number of carbonyl (C=O) groups is 1. The molecule has 6 nitrogen and oxygen atoms in total. The van der Waals surface area contributed by atoms with Crippen molar-refractivity contribution in [3.8, 4) is 17.2 Å². The Hall–Kier alpha value is -2.11. The molecule has 0 aromatic heterocycles. The molecule has 0 radical (unpaired) electrons. The van der Waals surface area contributed by atoms with Gasteiger partial charge in [0.15, 0.2) is 11.5 Å². The van der Waals surface area contributed by atoms with E-state index < -0.39 is 6.09 Å².